The van der Waals surface area contributed by atoms with E-state index in [1.807, 2.05) is 30.3 Å². The maximum Gasteiger partial charge on any atom is 0.243 e. The predicted octanol–water partition coefficient (Wildman–Crippen LogP) is 3.55. The number of rotatable bonds is 8. The molecule has 10 heteroatoms. The Morgan fingerprint density at radius 1 is 0.938 bits per heavy atom. The van der Waals surface area contributed by atoms with Gasteiger partial charge >= 0.3 is 0 Å². The van der Waals surface area contributed by atoms with Gasteiger partial charge in [-0.3, -0.25) is 4.79 Å². The molecule has 0 saturated carbocycles. The third-order valence-corrected chi connectivity index (χ3v) is 7.11. The Hall–Kier alpha value is -2.85. The summed E-state index contributed by atoms with van der Waals surface area (Å²) >= 11 is 6.84. The minimum atomic E-state index is -4.03. The lowest BCUT2D eigenvalue weighted by molar-refractivity contribution is -0.122. The zero-order valence-corrected chi connectivity index (χ0v) is 19.1. The normalized spacial score (nSPS) is 12.5. The minimum absolute atomic E-state index is 0.00712. The van der Waals surface area contributed by atoms with E-state index in [0.29, 0.717) is 10.5 Å². The van der Waals surface area contributed by atoms with E-state index >= 15 is 0 Å². The Balaban J connectivity index is 1.57. The molecule has 0 aliphatic carbocycles. The molecule has 0 aliphatic heterocycles. The molecule has 0 fully saturated rings. The fraction of sp³-hybridized carbons (Fsp3) is 0.136. The number of carbonyl (C=O) groups is 1. The highest BCUT2D eigenvalue weighted by atomic mass is 35.5. The number of halogens is 1. The van der Waals surface area contributed by atoms with Crippen molar-refractivity contribution in [2.45, 2.75) is 23.9 Å². The van der Waals surface area contributed by atoms with Gasteiger partial charge in [-0.05, 0) is 41.8 Å². The highest BCUT2D eigenvalue weighted by Gasteiger charge is 2.28. The zero-order valence-electron chi connectivity index (χ0n) is 16.7. The molecule has 0 aliphatic rings. The SMILES string of the molecule is O=C(NCc1ccc(Cl)cc1)C(Cc1ccccc1)NS(=O)(=O)c1cccc2nsnc12. The fourth-order valence-electron chi connectivity index (χ4n) is 3.20. The van der Waals surface area contributed by atoms with Crippen LogP contribution in [-0.2, 0) is 27.8 Å². The highest BCUT2D eigenvalue weighted by Crippen LogP contribution is 2.21. The van der Waals surface area contributed by atoms with Gasteiger partial charge in [0.1, 0.15) is 22.0 Å². The van der Waals surface area contributed by atoms with Crippen LogP contribution in [0, 0.1) is 0 Å². The number of amides is 1. The first-order valence-corrected chi connectivity index (χ1v) is 12.3. The molecular weight excluding hydrogens is 468 g/mol. The van der Waals surface area contributed by atoms with Crippen molar-refractivity contribution in [2.75, 3.05) is 0 Å². The van der Waals surface area contributed by atoms with Crippen molar-refractivity contribution in [3.63, 3.8) is 0 Å². The average Bonchev–Trinajstić information content (AvgIpc) is 3.27. The molecule has 1 atom stereocenters. The van der Waals surface area contributed by atoms with Crippen LogP contribution in [0.3, 0.4) is 0 Å². The number of nitrogens with zero attached hydrogens (tertiary/aromatic N) is 2. The molecule has 1 unspecified atom stereocenters. The Morgan fingerprint density at radius 2 is 1.69 bits per heavy atom. The summed E-state index contributed by atoms with van der Waals surface area (Å²) < 4.78 is 37.1. The van der Waals surface area contributed by atoms with Crippen LogP contribution in [0.2, 0.25) is 5.02 Å². The lowest BCUT2D eigenvalue weighted by atomic mass is 10.1. The quantitative estimate of drug-likeness (QED) is 0.396. The number of nitrogens with one attached hydrogen (secondary N) is 2. The van der Waals surface area contributed by atoms with Crippen LogP contribution in [0.1, 0.15) is 11.1 Å². The van der Waals surface area contributed by atoms with Gasteiger partial charge in [-0.25, -0.2) is 8.42 Å². The Morgan fingerprint density at radius 3 is 2.44 bits per heavy atom. The van der Waals surface area contributed by atoms with Crippen LogP contribution < -0.4 is 10.0 Å². The van der Waals surface area contributed by atoms with E-state index in [0.717, 1.165) is 22.9 Å². The van der Waals surface area contributed by atoms with Crippen molar-refractivity contribution in [3.05, 3.63) is 88.9 Å². The van der Waals surface area contributed by atoms with Gasteiger partial charge in [-0.2, -0.15) is 13.5 Å². The number of hydrogen-bond donors (Lipinski definition) is 2. The summed E-state index contributed by atoms with van der Waals surface area (Å²) in [6, 6.07) is 20.0. The molecule has 0 bridgehead atoms. The second-order valence-electron chi connectivity index (χ2n) is 7.10. The number of aromatic nitrogens is 2. The number of fused-ring (bicyclic) bond motifs is 1. The molecule has 3 aromatic carbocycles. The van der Waals surface area contributed by atoms with E-state index < -0.39 is 22.0 Å². The van der Waals surface area contributed by atoms with E-state index in [1.165, 1.54) is 6.07 Å². The summed E-state index contributed by atoms with van der Waals surface area (Å²) in [7, 11) is -4.03. The smallest absolute Gasteiger partial charge is 0.243 e. The largest absolute Gasteiger partial charge is 0.351 e. The molecule has 0 spiro atoms. The van der Waals surface area contributed by atoms with Crippen molar-refractivity contribution in [1.82, 2.24) is 18.8 Å². The summed E-state index contributed by atoms with van der Waals surface area (Å²) in [5, 5.41) is 3.41. The summed E-state index contributed by atoms with van der Waals surface area (Å²) in [5.74, 6) is -0.434. The molecule has 164 valence electrons. The average molecular weight is 487 g/mol. The van der Waals surface area contributed by atoms with Crippen molar-refractivity contribution >= 4 is 50.3 Å². The Labute approximate surface area is 194 Å². The number of hydrogen-bond acceptors (Lipinski definition) is 6. The van der Waals surface area contributed by atoms with Crippen LogP contribution in [0.4, 0.5) is 0 Å². The van der Waals surface area contributed by atoms with Gasteiger partial charge in [-0.15, -0.1) is 0 Å². The molecule has 4 aromatic rings. The zero-order chi connectivity index (χ0) is 22.6. The maximum atomic E-state index is 13.2. The monoisotopic (exact) mass is 486 g/mol. The van der Waals surface area contributed by atoms with Gasteiger partial charge < -0.3 is 5.32 Å². The molecule has 1 aromatic heterocycles. The number of sulfonamides is 1. The van der Waals surface area contributed by atoms with Gasteiger partial charge in [0, 0.05) is 11.6 Å². The molecule has 0 saturated heterocycles. The van der Waals surface area contributed by atoms with Crippen LogP contribution in [0.15, 0.2) is 77.7 Å². The summed E-state index contributed by atoms with van der Waals surface area (Å²) in [6.07, 6.45) is 0.192. The number of benzene rings is 3. The second-order valence-corrected chi connectivity index (χ2v) is 9.74. The third kappa shape index (κ3) is 5.31. The highest BCUT2D eigenvalue weighted by molar-refractivity contribution is 7.89. The topological polar surface area (TPSA) is 101 Å². The first kappa shape index (κ1) is 22.3. The Kier molecular flexibility index (Phi) is 6.80. The third-order valence-electron chi connectivity index (χ3n) is 4.82. The van der Waals surface area contributed by atoms with Crippen molar-refractivity contribution in [2.24, 2.45) is 0 Å². The van der Waals surface area contributed by atoms with Gasteiger partial charge in [0.25, 0.3) is 0 Å². The molecule has 1 heterocycles. The maximum absolute atomic E-state index is 13.2. The molecule has 2 N–H and O–H groups in total. The van der Waals surface area contributed by atoms with Gasteiger partial charge in [0.2, 0.25) is 15.9 Å². The van der Waals surface area contributed by atoms with Crippen LogP contribution >= 0.6 is 23.3 Å². The molecule has 0 radical (unpaired) electrons. The molecule has 4 rings (SSSR count). The first-order valence-electron chi connectivity index (χ1n) is 9.72. The van der Waals surface area contributed by atoms with Crippen molar-refractivity contribution < 1.29 is 13.2 Å². The van der Waals surface area contributed by atoms with Gasteiger partial charge in [-0.1, -0.05) is 60.1 Å². The molecule has 32 heavy (non-hydrogen) atoms. The summed E-state index contributed by atoms with van der Waals surface area (Å²) in [5.41, 5.74) is 2.45. The van der Waals surface area contributed by atoms with E-state index in [9.17, 15) is 13.2 Å². The first-order chi connectivity index (χ1) is 15.4. The summed E-state index contributed by atoms with van der Waals surface area (Å²) in [6.45, 7) is 0.245. The number of carbonyl (C=O) groups excluding carboxylic acids is 1. The van der Waals surface area contributed by atoms with Crippen molar-refractivity contribution in [3.8, 4) is 0 Å². The van der Waals surface area contributed by atoms with E-state index in [-0.39, 0.29) is 23.4 Å². The molecular formula is C22H19ClN4O3S2. The van der Waals surface area contributed by atoms with Crippen LogP contribution in [-0.4, -0.2) is 29.1 Å². The van der Waals surface area contributed by atoms with E-state index in [2.05, 4.69) is 18.8 Å². The molecule has 1 amide bonds. The Bertz CT molecular complexity index is 1330. The van der Waals surface area contributed by atoms with Gasteiger partial charge in [0.15, 0.2) is 0 Å². The second kappa shape index (κ2) is 9.74. The van der Waals surface area contributed by atoms with Crippen molar-refractivity contribution in [1.29, 1.82) is 0 Å². The lowest BCUT2D eigenvalue weighted by Crippen LogP contribution is -2.47. The lowest BCUT2D eigenvalue weighted by Gasteiger charge is -2.19. The minimum Gasteiger partial charge on any atom is -0.351 e. The van der Waals surface area contributed by atoms with Crippen LogP contribution in [0.5, 0.6) is 0 Å². The van der Waals surface area contributed by atoms with E-state index in [1.54, 1.807) is 36.4 Å². The van der Waals surface area contributed by atoms with E-state index in [4.69, 9.17) is 11.6 Å². The molecule has 7 nitrogen and oxygen atoms in total. The predicted molar refractivity (Wildman–Crippen MR) is 125 cm³/mol. The van der Waals surface area contributed by atoms with Gasteiger partial charge in [0.05, 0.1) is 11.7 Å². The summed E-state index contributed by atoms with van der Waals surface area (Å²) in [4.78, 5) is 13.0. The standard InChI is InChI=1S/C22H19ClN4O3S2/c23-17-11-9-16(10-12-17)14-24-22(28)19(13-15-5-2-1-3-6-15)27-32(29,30)20-8-4-7-18-21(20)26-31-25-18/h1-12,19,27H,13-14H2,(H,24,28). The fourth-order valence-corrected chi connectivity index (χ4v) is 5.29. The van der Waals surface area contributed by atoms with Crippen LogP contribution in [0.25, 0.3) is 11.0 Å².